The quantitative estimate of drug-likeness (QED) is 0.911. The number of aromatic nitrogens is 2. The monoisotopic (exact) mass is 313 g/mol. The number of halogens is 1. The van der Waals surface area contributed by atoms with E-state index in [-0.39, 0.29) is 0 Å². The number of aliphatic hydroxyl groups is 1. The standard InChI is InChI=1S/C11H12BrN3OS/c1-11(16,8-2-3-17-6-8)7-15-10-13-4-9(12)5-14-10/h2-6,16H,7H2,1H3,(H,13,14,15)/t11-/m0/s1. The summed E-state index contributed by atoms with van der Waals surface area (Å²) in [6, 6.07) is 1.91. The third kappa shape index (κ3) is 3.24. The smallest absolute Gasteiger partial charge is 0.222 e. The van der Waals surface area contributed by atoms with Gasteiger partial charge in [0.2, 0.25) is 5.95 Å². The number of anilines is 1. The summed E-state index contributed by atoms with van der Waals surface area (Å²) in [6.45, 7) is 2.13. The van der Waals surface area contributed by atoms with Crippen LogP contribution in [0.1, 0.15) is 12.5 Å². The van der Waals surface area contributed by atoms with Crippen LogP contribution in [0.2, 0.25) is 0 Å². The highest BCUT2D eigenvalue weighted by molar-refractivity contribution is 9.10. The summed E-state index contributed by atoms with van der Waals surface area (Å²) in [5.74, 6) is 0.503. The van der Waals surface area contributed by atoms with Gasteiger partial charge in [-0.25, -0.2) is 9.97 Å². The van der Waals surface area contributed by atoms with Gasteiger partial charge in [0.05, 0.1) is 11.0 Å². The first-order valence-electron chi connectivity index (χ1n) is 5.04. The SMILES string of the molecule is C[C@](O)(CNc1ncc(Br)cn1)c1ccsc1. The molecule has 2 rings (SSSR count). The molecule has 0 bridgehead atoms. The lowest BCUT2D eigenvalue weighted by Gasteiger charge is -2.22. The van der Waals surface area contributed by atoms with E-state index in [0.717, 1.165) is 10.0 Å². The van der Waals surface area contributed by atoms with E-state index in [0.29, 0.717) is 12.5 Å². The van der Waals surface area contributed by atoms with Gasteiger partial charge in [0.25, 0.3) is 0 Å². The molecular formula is C11H12BrN3OS. The maximum atomic E-state index is 10.3. The Kier molecular flexibility index (Phi) is 3.76. The third-order valence-electron chi connectivity index (χ3n) is 2.35. The highest BCUT2D eigenvalue weighted by Gasteiger charge is 2.23. The van der Waals surface area contributed by atoms with E-state index in [1.807, 2.05) is 16.8 Å². The number of hydrogen-bond donors (Lipinski definition) is 2. The van der Waals surface area contributed by atoms with Crippen LogP contribution in [-0.4, -0.2) is 21.6 Å². The van der Waals surface area contributed by atoms with E-state index in [9.17, 15) is 5.11 Å². The number of nitrogens with zero attached hydrogens (tertiary/aromatic N) is 2. The summed E-state index contributed by atoms with van der Waals surface area (Å²) in [4.78, 5) is 8.17. The van der Waals surface area contributed by atoms with Crippen LogP contribution in [0, 0.1) is 0 Å². The molecule has 0 radical (unpaired) electrons. The van der Waals surface area contributed by atoms with Crippen molar-refractivity contribution < 1.29 is 5.11 Å². The van der Waals surface area contributed by atoms with Crippen molar-refractivity contribution in [2.45, 2.75) is 12.5 Å². The second-order valence-corrected chi connectivity index (χ2v) is 5.56. The van der Waals surface area contributed by atoms with Crippen molar-refractivity contribution in [1.82, 2.24) is 9.97 Å². The molecule has 0 spiro atoms. The maximum absolute atomic E-state index is 10.3. The van der Waals surface area contributed by atoms with Crippen LogP contribution < -0.4 is 5.32 Å². The largest absolute Gasteiger partial charge is 0.384 e. The lowest BCUT2D eigenvalue weighted by atomic mass is 9.99. The molecule has 0 saturated carbocycles. The number of hydrogen-bond acceptors (Lipinski definition) is 5. The summed E-state index contributed by atoms with van der Waals surface area (Å²) in [7, 11) is 0. The molecule has 0 saturated heterocycles. The van der Waals surface area contributed by atoms with E-state index >= 15 is 0 Å². The van der Waals surface area contributed by atoms with Gasteiger partial charge in [-0.3, -0.25) is 0 Å². The van der Waals surface area contributed by atoms with Crippen molar-refractivity contribution in [3.8, 4) is 0 Å². The molecule has 90 valence electrons. The average molecular weight is 314 g/mol. The summed E-state index contributed by atoms with van der Waals surface area (Å²) in [6.07, 6.45) is 3.32. The molecule has 0 unspecified atom stereocenters. The molecule has 4 nitrogen and oxygen atoms in total. The van der Waals surface area contributed by atoms with E-state index < -0.39 is 5.60 Å². The van der Waals surface area contributed by atoms with Gasteiger partial charge in [-0.2, -0.15) is 11.3 Å². The van der Waals surface area contributed by atoms with Crippen molar-refractivity contribution >= 4 is 33.2 Å². The first kappa shape index (κ1) is 12.5. The zero-order valence-electron chi connectivity index (χ0n) is 9.22. The molecule has 6 heteroatoms. The van der Waals surface area contributed by atoms with E-state index in [2.05, 4.69) is 31.2 Å². The molecule has 17 heavy (non-hydrogen) atoms. The lowest BCUT2D eigenvalue weighted by Crippen LogP contribution is -2.30. The normalized spacial score (nSPS) is 14.3. The zero-order valence-corrected chi connectivity index (χ0v) is 11.6. The minimum atomic E-state index is -0.920. The molecule has 0 amide bonds. The Morgan fingerprint density at radius 2 is 2.18 bits per heavy atom. The van der Waals surface area contributed by atoms with Crippen LogP contribution in [0.4, 0.5) is 5.95 Å². The van der Waals surface area contributed by atoms with Crippen molar-refractivity contribution in [2.24, 2.45) is 0 Å². The molecule has 2 heterocycles. The first-order valence-corrected chi connectivity index (χ1v) is 6.78. The minimum absolute atomic E-state index is 0.366. The molecule has 2 N–H and O–H groups in total. The fraction of sp³-hybridized carbons (Fsp3) is 0.273. The lowest BCUT2D eigenvalue weighted by molar-refractivity contribution is 0.0718. The summed E-state index contributed by atoms with van der Waals surface area (Å²) < 4.78 is 0.827. The Morgan fingerprint density at radius 1 is 1.47 bits per heavy atom. The van der Waals surface area contributed by atoms with Gasteiger partial charge in [-0.1, -0.05) is 0 Å². The van der Waals surface area contributed by atoms with Crippen LogP contribution in [0.15, 0.2) is 33.7 Å². The second kappa shape index (κ2) is 5.12. The van der Waals surface area contributed by atoms with E-state index in [1.165, 1.54) is 0 Å². The highest BCUT2D eigenvalue weighted by Crippen LogP contribution is 2.23. The van der Waals surface area contributed by atoms with E-state index in [1.54, 1.807) is 30.7 Å². The van der Waals surface area contributed by atoms with Crippen LogP contribution >= 0.6 is 27.3 Å². The highest BCUT2D eigenvalue weighted by atomic mass is 79.9. The fourth-order valence-electron chi connectivity index (χ4n) is 1.33. The molecule has 0 fully saturated rings. The number of thiophene rings is 1. The van der Waals surface area contributed by atoms with Gasteiger partial charge in [0, 0.05) is 12.4 Å². The Morgan fingerprint density at radius 3 is 2.76 bits per heavy atom. The Hall–Kier alpha value is -0.980. The van der Waals surface area contributed by atoms with Crippen LogP contribution in [0.25, 0.3) is 0 Å². The predicted molar refractivity (Wildman–Crippen MR) is 72.1 cm³/mol. The van der Waals surface area contributed by atoms with Gasteiger partial charge in [-0.15, -0.1) is 0 Å². The Balaban J connectivity index is 2.00. The summed E-state index contributed by atoms with van der Waals surface area (Å²) in [5.41, 5.74) is -0.0247. The van der Waals surface area contributed by atoms with Gasteiger partial charge in [0.15, 0.2) is 0 Å². The van der Waals surface area contributed by atoms with Crippen LogP contribution in [0.5, 0.6) is 0 Å². The molecule has 2 aromatic heterocycles. The summed E-state index contributed by atoms with van der Waals surface area (Å²) in [5, 5.41) is 17.2. The average Bonchev–Trinajstić information content (AvgIpc) is 2.82. The van der Waals surface area contributed by atoms with Crippen LogP contribution in [-0.2, 0) is 5.60 Å². The number of rotatable bonds is 4. The predicted octanol–water partition coefficient (Wildman–Crippen LogP) is 2.62. The third-order valence-corrected chi connectivity index (χ3v) is 3.45. The van der Waals surface area contributed by atoms with Gasteiger partial charge < -0.3 is 10.4 Å². The molecule has 2 aromatic rings. The fourth-order valence-corrected chi connectivity index (χ4v) is 2.32. The molecule has 0 aliphatic carbocycles. The molecule has 0 aliphatic rings. The minimum Gasteiger partial charge on any atom is -0.384 e. The maximum Gasteiger partial charge on any atom is 0.222 e. The van der Waals surface area contributed by atoms with Crippen LogP contribution in [0.3, 0.4) is 0 Å². The topological polar surface area (TPSA) is 58.0 Å². The Bertz CT molecular complexity index is 470. The van der Waals surface area contributed by atoms with Crippen molar-refractivity contribution in [3.05, 3.63) is 39.3 Å². The van der Waals surface area contributed by atoms with E-state index in [4.69, 9.17) is 0 Å². The number of nitrogens with one attached hydrogen (secondary N) is 1. The molecule has 0 aliphatic heterocycles. The van der Waals surface area contributed by atoms with Gasteiger partial charge in [-0.05, 0) is 45.2 Å². The zero-order chi connectivity index (χ0) is 12.3. The van der Waals surface area contributed by atoms with Crippen molar-refractivity contribution in [1.29, 1.82) is 0 Å². The molecule has 0 aromatic carbocycles. The molecular weight excluding hydrogens is 302 g/mol. The van der Waals surface area contributed by atoms with Crippen molar-refractivity contribution in [3.63, 3.8) is 0 Å². The molecule has 1 atom stereocenters. The Labute approximate surface area is 112 Å². The van der Waals surface area contributed by atoms with Crippen molar-refractivity contribution in [2.75, 3.05) is 11.9 Å². The van der Waals surface area contributed by atoms with Gasteiger partial charge >= 0.3 is 0 Å². The summed E-state index contributed by atoms with van der Waals surface area (Å²) >= 11 is 4.83. The first-order chi connectivity index (χ1) is 8.08. The second-order valence-electron chi connectivity index (χ2n) is 3.86. The van der Waals surface area contributed by atoms with Gasteiger partial charge in [0.1, 0.15) is 5.60 Å².